The minimum atomic E-state index is 0.399. The molecule has 0 atom stereocenters. The summed E-state index contributed by atoms with van der Waals surface area (Å²) >= 11 is 6.74. The smallest absolute Gasteiger partial charge is 0.187 e. The Bertz CT molecular complexity index is 1020. The number of rotatable bonds is 5. The molecule has 4 aromatic rings. The average Bonchev–Trinajstić information content (AvgIpc) is 3.39. The molecule has 3 aromatic heterocycles. The van der Waals surface area contributed by atoms with Crippen LogP contribution in [0.3, 0.4) is 0 Å². The summed E-state index contributed by atoms with van der Waals surface area (Å²) in [7, 11) is 0. The second-order valence-corrected chi connectivity index (χ2v) is 6.76. The van der Waals surface area contributed by atoms with Gasteiger partial charge in [-0.05, 0) is 48.6 Å². The number of para-hydroxylation sites is 1. The van der Waals surface area contributed by atoms with Crippen molar-refractivity contribution in [2.24, 2.45) is 5.10 Å². The first-order valence-corrected chi connectivity index (χ1v) is 9.05. The van der Waals surface area contributed by atoms with E-state index in [-0.39, 0.29) is 0 Å². The van der Waals surface area contributed by atoms with Crippen LogP contribution in [0.2, 0.25) is 0 Å². The molecule has 2 N–H and O–H groups in total. The van der Waals surface area contributed by atoms with Crippen LogP contribution in [0, 0.1) is 0 Å². The van der Waals surface area contributed by atoms with Gasteiger partial charge in [-0.15, -0.1) is 11.3 Å². The van der Waals surface area contributed by atoms with Crippen molar-refractivity contribution >= 4 is 45.1 Å². The number of hydrogen-bond acceptors (Lipinski definition) is 6. The maximum absolute atomic E-state index is 5.78. The molecule has 0 aliphatic carbocycles. The molecule has 8 heteroatoms. The number of aromatic nitrogens is 1. The Kier molecular flexibility index (Phi) is 4.76. The summed E-state index contributed by atoms with van der Waals surface area (Å²) < 4.78 is 12.1. The summed E-state index contributed by atoms with van der Waals surface area (Å²) in [6.45, 7) is 0.497. The van der Waals surface area contributed by atoms with Crippen molar-refractivity contribution in [1.82, 2.24) is 15.7 Å². The van der Waals surface area contributed by atoms with E-state index in [1.54, 1.807) is 23.8 Å². The van der Waals surface area contributed by atoms with Crippen LogP contribution >= 0.6 is 23.6 Å². The van der Waals surface area contributed by atoms with E-state index in [2.05, 4.69) is 20.8 Å². The molecule has 0 aliphatic heterocycles. The predicted octanol–water partition coefficient (Wildman–Crippen LogP) is 4.15. The molecule has 0 spiro atoms. The van der Waals surface area contributed by atoms with Crippen LogP contribution in [0.25, 0.3) is 21.0 Å². The normalized spacial score (nSPS) is 11.2. The summed E-state index contributed by atoms with van der Waals surface area (Å²) in [4.78, 5) is 4.58. The van der Waals surface area contributed by atoms with Gasteiger partial charge in [-0.2, -0.15) is 5.10 Å². The second-order valence-electron chi connectivity index (χ2n) is 5.32. The lowest BCUT2D eigenvalue weighted by Crippen LogP contribution is -2.31. The van der Waals surface area contributed by atoms with Crippen LogP contribution < -0.4 is 10.7 Å². The van der Waals surface area contributed by atoms with Crippen molar-refractivity contribution in [3.8, 4) is 10.8 Å². The Hall–Kier alpha value is -2.97. The van der Waals surface area contributed by atoms with Gasteiger partial charge in [-0.3, -0.25) is 5.43 Å². The first-order chi connectivity index (χ1) is 12.8. The maximum atomic E-state index is 5.78. The number of benzene rings is 1. The van der Waals surface area contributed by atoms with E-state index in [0.717, 1.165) is 21.0 Å². The molecule has 0 amide bonds. The topological polar surface area (TPSA) is 75.6 Å². The van der Waals surface area contributed by atoms with Gasteiger partial charge in [0.1, 0.15) is 11.5 Å². The van der Waals surface area contributed by atoms with Crippen molar-refractivity contribution < 1.29 is 8.83 Å². The average molecular weight is 382 g/mol. The molecular weight excluding hydrogens is 368 g/mol. The zero-order valence-electron chi connectivity index (χ0n) is 13.5. The van der Waals surface area contributed by atoms with Crippen LogP contribution in [0.1, 0.15) is 11.5 Å². The predicted molar refractivity (Wildman–Crippen MR) is 106 cm³/mol. The van der Waals surface area contributed by atoms with Gasteiger partial charge >= 0.3 is 0 Å². The van der Waals surface area contributed by atoms with E-state index in [4.69, 9.17) is 21.1 Å². The molecule has 1 aromatic carbocycles. The second kappa shape index (κ2) is 7.51. The van der Waals surface area contributed by atoms with Crippen LogP contribution in [0.15, 0.2) is 68.7 Å². The Balaban J connectivity index is 1.35. The quantitative estimate of drug-likeness (QED) is 0.307. The van der Waals surface area contributed by atoms with E-state index < -0.39 is 0 Å². The van der Waals surface area contributed by atoms with Gasteiger partial charge in [0, 0.05) is 0 Å². The van der Waals surface area contributed by atoms with Crippen molar-refractivity contribution in [3.05, 3.63) is 66.3 Å². The molecule has 130 valence electrons. The number of thiazole rings is 1. The zero-order chi connectivity index (χ0) is 17.8. The fourth-order valence-corrected chi connectivity index (χ4v) is 3.34. The van der Waals surface area contributed by atoms with Gasteiger partial charge in [0.2, 0.25) is 0 Å². The first kappa shape index (κ1) is 16.5. The molecule has 4 rings (SSSR count). The largest absolute Gasteiger partial charge is 0.467 e. The standard InChI is InChI=1S/C18H14N4O2S2/c25-18(19-10-12-4-3-9-23-12)22-20-11-13-7-8-15(24-13)17-21-14-5-1-2-6-16(14)26-17/h1-9,11H,10H2,(H2,19,22,25)/b20-11+. The number of nitrogens with one attached hydrogen (secondary N) is 2. The number of hydrogen-bond donors (Lipinski definition) is 2. The molecule has 0 unspecified atom stereocenters. The lowest BCUT2D eigenvalue weighted by molar-refractivity contribution is 0.502. The van der Waals surface area contributed by atoms with Crippen LogP contribution in [0.5, 0.6) is 0 Å². The van der Waals surface area contributed by atoms with Gasteiger partial charge < -0.3 is 14.2 Å². The number of nitrogens with zero attached hydrogens (tertiary/aromatic N) is 2. The third-order valence-corrected chi connectivity index (χ3v) is 4.78. The minimum Gasteiger partial charge on any atom is -0.467 e. The van der Waals surface area contributed by atoms with Gasteiger partial charge in [-0.25, -0.2) is 4.98 Å². The number of hydrazone groups is 1. The van der Waals surface area contributed by atoms with Crippen LogP contribution in [0.4, 0.5) is 0 Å². The molecule has 0 saturated carbocycles. The van der Waals surface area contributed by atoms with E-state index >= 15 is 0 Å². The Morgan fingerprint density at radius 2 is 2.12 bits per heavy atom. The Morgan fingerprint density at radius 3 is 2.96 bits per heavy atom. The fraction of sp³-hybridized carbons (Fsp3) is 0.0556. The van der Waals surface area contributed by atoms with Gasteiger partial charge in [0.05, 0.1) is 29.2 Å². The Morgan fingerprint density at radius 1 is 1.19 bits per heavy atom. The molecule has 6 nitrogen and oxygen atoms in total. The number of thiocarbonyl (C=S) groups is 1. The lowest BCUT2D eigenvalue weighted by atomic mass is 10.3. The molecule has 0 radical (unpaired) electrons. The molecule has 26 heavy (non-hydrogen) atoms. The highest BCUT2D eigenvalue weighted by molar-refractivity contribution is 7.80. The van der Waals surface area contributed by atoms with Gasteiger partial charge in [0.15, 0.2) is 15.9 Å². The van der Waals surface area contributed by atoms with E-state index in [1.165, 1.54) is 0 Å². The molecule has 0 aliphatic rings. The highest BCUT2D eigenvalue weighted by Gasteiger charge is 2.09. The summed E-state index contributed by atoms with van der Waals surface area (Å²) in [5.74, 6) is 2.12. The highest BCUT2D eigenvalue weighted by Crippen LogP contribution is 2.30. The highest BCUT2D eigenvalue weighted by atomic mass is 32.1. The zero-order valence-corrected chi connectivity index (χ0v) is 15.1. The fourth-order valence-electron chi connectivity index (χ4n) is 2.29. The third-order valence-electron chi connectivity index (χ3n) is 3.49. The van der Waals surface area contributed by atoms with Crippen molar-refractivity contribution in [2.45, 2.75) is 6.54 Å². The molecular formula is C18H14N4O2S2. The molecule has 0 saturated heterocycles. The van der Waals surface area contributed by atoms with Crippen molar-refractivity contribution in [1.29, 1.82) is 0 Å². The third kappa shape index (κ3) is 3.81. The summed E-state index contributed by atoms with van der Waals surface area (Å²) in [6, 6.07) is 15.4. The number of furan rings is 2. The van der Waals surface area contributed by atoms with E-state index in [0.29, 0.717) is 23.2 Å². The van der Waals surface area contributed by atoms with E-state index in [9.17, 15) is 0 Å². The molecule has 0 bridgehead atoms. The summed E-state index contributed by atoms with van der Waals surface area (Å²) in [5, 5.41) is 8.30. The summed E-state index contributed by atoms with van der Waals surface area (Å²) in [5.41, 5.74) is 3.71. The van der Waals surface area contributed by atoms with E-state index in [1.807, 2.05) is 48.5 Å². The number of fused-ring (bicyclic) bond motifs is 1. The lowest BCUT2D eigenvalue weighted by Gasteiger charge is -2.04. The van der Waals surface area contributed by atoms with Crippen molar-refractivity contribution in [3.63, 3.8) is 0 Å². The Labute approximate surface area is 158 Å². The molecule has 3 heterocycles. The van der Waals surface area contributed by atoms with Gasteiger partial charge in [-0.1, -0.05) is 12.1 Å². The molecule has 0 fully saturated rings. The van der Waals surface area contributed by atoms with Crippen LogP contribution in [-0.2, 0) is 6.54 Å². The van der Waals surface area contributed by atoms with Gasteiger partial charge in [0.25, 0.3) is 0 Å². The SMILES string of the molecule is S=C(NCc1ccco1)N/N=C/c1ccc(-c2nc3ccccc3s2)o1. The van der Waals surface area contributed by atoms with Crippen molar-refractivity contribution in [2.75, 3.05) is 0 Å². The maximum Gasteiger partial charge on any atom is 0.187 e. The monoisotopic (exact) mass is 382 g/mol. The first-order valence-electron chi connectivity index (χ1n) is 7.83. The summed E-state index contributed by atoms with van der Waals surface area (Å²) in [6.07, 6.45) is 3.18. The minimum absolute atomic E-state index is 0.399. The van der Waals surface area contributed by atoms with Crippen LogP contribution in [-0.4, -0.2) is 16.3 Å².